The third-order valence-corrected chi connectivity index (χ3v) is 13.6. The lowest BCUT2D eigenvalue weighted by Crippen LogP contribution is -2.30. The van der Waals surface area contributed by atoms with Gasteiger partial charge in [0.15, 0.2) is 6.10 Å². The minimum absolute atomic E-state index is 0.0763. The summed E-state index contributed by atoms with van der Waals surface area (Å²) in [5, 5.41) is 0. The molecule has 0 aromatic heterocycles. The summed E-state index contributed by atoms with van der Waals surface area (Å²) >= 11 is 0. The molecule has 0 radical (unpaired) electrons. The van der Waals surface area contributed by atoms with Gasteiger partial charge in [-0.05, 0) is 96.3 Å². The molecule has 0 bridgehead atoms. The zero-order chi connectivity index (χ0) is 53.6. The van der Waals surface area contributed by atoms with Gasteiger partial charge in [0, 0.05) is 19.3 Å². The van der Waals surface area contributed by atoms with Gasteiger partial charge < -0.3 is 14.2 Å². The van der Waals surface area contributed by atoms with Crippen LogP contribution in [0.25, 0.3) is 0 Å². The molecule has 0 aromatic carbocycles. The molecule has 0 amide bonds. The van der Waals surface area contributed by atoms with Crippen molar-refractivity contribution in [3.63, 3.8) is 0 Å². The van der Waals surface area contributed by atoms with Crippen LogP contribution in [0.2, 0.25) is 0 Å². The molecule has 1 unspecified atom stereocenters. The van der Waals surface area contributed by atoms with Crippen LogP contribution in [0.4, 0.5) is 0 Å². The summed E-state index contributed by atoms with van der Waals surface area (Å²) in [6.45, 7) is 6.48. The van der Waals surface area contributed by atoms with Gasteiger partial charge in [0.2, 0.25) is 0 Å². The van der Waals surface area contributed by atoms with E-state index >= 15 is 0 Å². The van der Waals surface area contributed by atoms with Crippen LogP contribution < -0.4 is 0 Å². The van der Waals surface area contributed by atoms with E-state index in [0.29, 0.717) is 19.3 Å². The van der Waals surface area contributed by atoms with E-state index in [4.69, 9.17) is 14.2 Å². The van der Waals surface area contributed by atoms with Gasteiger partial charge in [0.25, 0.3) is 0 Å². The number of esters is 3. The fourth-order valence-electron chi connectivity index (χ4n) is 8.91. The average Bonchev–Trinajstić information content (AvgIpc) is 3.40. The summed E-state index contributed by atoms with van der Waals surface area (Å²) in [6, 6.07) is 0. The maximum atomic E-state index is 12.8. The molecule has 0 spiro atoms. The van der Waals surface area contributed by atoms with Gasteiger partial charge in [-0.25, -0.2) is 0 Å². The van der Waals surface area contributed by atoms with Crippen LogP contribution >= 0.6 is 0 Å². The van der Waals surface area contributed by atoms with Crippen molar-refractivity contribution in [2.24, 2.45) is 0 Å². The number of hydrogen-bond donors (Lipinski definition) is 0. The zero-order valence-corrected chi connectivity index (χ0v) is 48.8. The van der Waals surface area contributed by atoms with Crippen molar-refractivity contribution in [3.8, 4) is 0 Å². The molecule has 6 nitrogen and oxygen atoms in total. The van der Waals surface area contributed by atoms with Gasteiger partial charge in [-0.1, -0.05) is 279 Å². The third kappa shape index (κ3) is 59.5. The first kappa shape index (κ1) is 70.6. The highest BCUT2D eigenvalue weighted by molar-refractivity contribution is 5.71. The normalized spacial score (nSPS) is 12.6. The van der Waals surface area contributed by atoms with Crippen LogP contribution in [0.3, 0.4) is 0 Å². The summed E-state index contributed by atoms with van der Waals surface area (Å²) in [5.74, 6) is -0.881. The van der Waals surface area contributed by atoms with Crippen molar-refractivity contribution >= 4 is 17.9 Å². The topological polar surface area (TPSA) is 78.9 Å². The SMILES string of the molecule is CC/C=C\C/C=C\C/C=C\C/C=C\C/C=C\CCCCCCCCCCCCCCCC(=O)OCC(COC(=O)CCCCCCCC)OC(=O)CCCCCCCCCCC/C=C\C/C=C\CCCCCCC. The monoisotopic (exact) mass is 1030 g/mol. The molecule has 426 valence electrons. The zero-order valence-electron chi connectivity index (χ0n) is 48.8. The Morgan fingerprint density at radius 3 is 0.824 bits per heavy atom. The maximum Gasteiger partial charge on any atom is 0.306 e. The van der Waals surface area contributed by atoms with E-state index < -0.39 is 6.10 Å². The molecule has 0 aromatic rings. The minimum Gasteiger partial charge on any atom is -0.462 e. The lowest BCUT2D eigenvalue weighted by molar-refractivity contribution is -0.167. The molecule has 74 heavy (non-hydrogen) atoms. The van der Waals surface area contributed by atoms with Gasteiger partial charge in [0.1, 0.15) is 13.2 Å². The fraction of sp³-hybridized carbons (Fsp3) is 0.750. The maximum absolute atomic E-state index is 12.8. The van der Waals surface area contributed by atoms with Crippen LogP contribution in [-0.2, 0) is 28.6 Å². The van der Waals surface area contributed by atoms with Crippen LogP contribution in [0.1, 0.15) is 310 Å². The Kier molecular flexibility index (Phi) is 59.3. The standard InChI is InChI=1S/C68H118O6/c1-4-7-10-13-16-18-20-22-24-26-28-30-31-32-33-34-35-36-37-39-40-42-44-46-48-50-52-55-58-61-67(70)73-64-65(63-72-66(69)60-57-54-15-12-9-6-3)74-68(71)62-59-56-53-51-49-47-45-43-41-38-29-27-25-23-21-19-17-14-11-8-5-2/h7,10,16,18,21-24,27-30,32-33,65H,4-6,8-9,11-15,17,19-20,25-26,31,34-64H2,1-3H3/b10-7-,18-16-,23-21-,24-22-,29-27-,30-28-,33-32-. The number of hydrogen-bond acceptors (Lipinski definition) is 6. The van der Waals surface area contributed by atoms with E-state index in [-0.39, 0.29) is 31.1 Å². The first-order valence-corrected chi connectivity index (χ1v) is 31.6. The summed E-state index contributed by atoms with van der Waals surface area (Å²) in [6.07, 6.45) is 81.9. The van der Waals surface area contributed by atoms with Crippen LogP contribution in [0.15, 0.2) is 85.1 Å². The van der Waals surface area contributed by atoms with Gasteiger partial charge in [-0.3, -0.25) is 14.4 Å². The second-order valence-electron chi connectivity index (χ2n) is 20.9. The van der Waals surface area contributed by atoms with Crippen LogP contribution in [-0.4, -0.2) is 37.2 Å². The molecule has 1 atom stereocenters. The molecule has 0 N–H and O–H groups in total. The average molecular weight is 1030 g/mol. The predicted molar refractivity (Wildman–Crippen MR) is 321 cm³/mol. The van der Waals surface area contributed by atoms with Gasteiger partial charge in [-0.2, -0.15) is 0 Å². The van der Waals surface area contributed by atoms with Crippen molar-refractivity contribution in [2.45, 2.75) is 316 Å². The van der Waals surface area contributed by atoms with E-state index in [1.165, 1.54) is 173 Å². The van der Waals surface area contributed by atoms with Crippen LogP contribution in [0, 0.1) is 0 Å². The molecule has 0 fully saturated rings. The number of carbonyl (C=O) groups excluding carboxylic acids is 3. The Labute approximate surface area is 458 Å². The summed E-state index contributed by atoms with van der Waals surface area (Å²) in [4.78, 5) is 38.0. The highest BCUT2D eigenvalue weighted by Crippen LogP contribution is 2.16. The van der Waals surface area contributed by atoms with Gasteiger partial charge >= 0.3 is 17.9 Å². The largest absolute Gasteiger partial charge is 0.462 e. The van der Waals surface area contributed by atoms with Crippen LogP contribution in [0.5, 0.6) is 0 Å². The molecular weight excluding hydrogens is 913 g/mol. The Hall–Kier alpha value is -3.41. The van der Waals surface area contributed by atoms with Gasteiger partial charge in [0.05, 0.1) is 0 Å². The summed E-state index contributed by atoms with van der Waals surface area (Å²) in [7, 11) is 0. The highest BCUT2D eigenvalue weighted by atomic mass is 16.6. The lowest BCUT2D eigenvalue weighted by atomic mass is 10.0. The number of allylic oxidation sites excluding steroid dienone is 14. The molecule has 0 saturated carbocycles. The number of rotatable bonds is 57. The minimum atomic E-state index is -0.776. The highest BCUT2D eigenvalue weighted by Gasteiger charge is 2.19. The predicted octanol–water partition coefficient (Wildman–Crippen LogP) is 21.5. The molecule has 6 heteroatoms. The summed E-state index contributed by atoms with van der Waals surface area (Å²) in [5.41, 5.74) is 0. The second-order valence-corrected chi connectivity index (χ2v) is 20.9. The van der Waals surface area contributed by atoms with E-state index in [1.54, 1.807) is 0 Å². The van der Waals surface area contributed by atoms with E-state index in [1.807, 2.05) is 0 Å². The number of ether oxygens (including phenoxy) is 3. The molecule has 0 aliphatic rings. The molecular formula is C68H118O6. The quantitative estimate of drug-likeness (QED) is 0.0261. The van der Waals surface area contributed by atoms with E-state index in [2.05, 4.69) is 106 Å². The Balaban J connectivity index is 4.08. The first-order valence-electron chi connectivity index (χ1n) is 31.6. The molecule has 0 aliphatic carbocycles. The number of unbranched alkanes of at least 4 members (excludes halogenated alkanes) is 32. The fourth-order valence-corrected chi connectivity index (χ4v) is 8.91. The summed E-state index contributed by atoms with van der Waals surface area (Å²) < 4.78 is 16.8. The smallest absolute Gasteiger partial charge is 0.306 e. The Morgan fingerprint density at radius 2 is 0.527 bits per heavy atom. The second kappa shape index (κ2) is 62.1. The third-order valence-electron chi connectivity index (χ3n) is 13.6. The first-order chi connectivity index (χ1) is 36.5. The van der Waals surface area contributed by atoms with Crippen molar-refractivity contribution < 1.29 is 28.6 Å². The van der Waals surface area contributed by atoms with Crippen molar-refractivity contribution in [1.29, 1.82) is 0 Å². The van der Waals surface area contributed by atoms with Gasteiger partial charge in [-0.15, -0.1) is 0 Å². The molecule has 0 aliphatic heterocycles. The van der Waals surface area contributed by atoms with E-state index in [9.17, 15) is 14.4 Å². The molecule has 0 heterocycles. The Morgan fingerprint density at radius 1 is 0.284 bits per heavy atom. The van der Waals surface area contributed by atoms with Crippen molar-refractivity contribution in [2.75, 3.05) is 13.2 Å². The number of carbonyl (C=O) groups is 3. The lowest BCUT2D eigenvalue weighted by Gasteiger charge is -2.18. The van der Waals surface area contributed by atoms with Crippen molar-refractivity contribution in [1.82, 2.24) is 0 Å². The van der Waals surface area contributed by atoms with Crippen molar-refractivity contribution in [3.05, 3.63) is 85.1 Å². The molecule has 0 rings (SSSR count). The van der Waals surface area contributed by atoms with E-state index in [0.717, 1.165) is 96.3 Å². The Bertz CT molecular complexity index is 1420. The molecule has 0 saturated heterocycles.